The van der Waals surface area contributed by atoms with Crippen molar-refractivity contribution < 1.29 is 43.9 Å². The van der Waals surface area contributed by atoms with Gasteiger partial charge >= 0.3 is 12.1 Å². The van der Waals surface area contributed by atoms with Gasteiger partial charge in [0.05, 0.1) is 16.3 Å². The van der Waals surface area contributed by atoms with E-state index in [0.29, 0.717) is 33.8 Å². The summed E-state index contributed by atoms with van der Waals surface area (Å²) in [4.78, 5) is 85.8. The van der Waals surface area contributed by atoms with E-state index in [4.69, 9.17) is 5.73 Å². The number of non-ortho nitro benzene ring substituents is 1. The number of nitrogens with two attached hydrogens (primary N) is 1. The van der Waals surface area contributed by atoms with Crippen LogP contribution in [-0.4, -0.2) is 63.9 Å². The van der Waals surface area contributed by atoms with E-state index in [-0.39, 0.29) is 71.9 Å². The van der Waals surface area contributed by atoms with Crippen molar-refractivity contribution in [2.45, 2.75) is 65.2 Å². The minimum absolute atomic E-state index is 0.0708. The van der Waals surface area contributed by atoms with Crippen LogP contribution in [0.1, 0.15) is 86.2 Å². The average Bonchev–Trinajstić information content (AvgIpc) is 3.16. The molecule has 0 saturated carbocycles. The molecule has 18 nitrogen and oxygen atoms in total. The number of benzene rings is 4. The Hall–Kier alpha value is -7.50. The second-order valence-corrected chi connectivity index (χ2v) is 16.1. The Morgan fingerprint density at radius 3 is 1.37 bits per heavy atom. The number of anilines is 5. The van der Waals surface area contributed by atoms with Crippen molar-refractivity contribution >= 4 is 69.8 Å². The maximum Gasteiger partial charge on any atom is 0.328 e. The van der Waals surface area contributed by atoms with E-state index < -0.39 is 39.6 Å². The minimum atomic E-state index is -0.588. The second kappa shape index (κ2) is 17.2. The summed E-state index contributed by atoms with van der Waals surface area (Å²) >= 11 is 0. The molecular formula is C42H46N8O10. The molecule has 8 amide bonds. The van der Waals surface area contributed by atoms with Gasteiger partial charge in [0.2, 0.25) is 11.8 Å². The van der Waals surface area contributed by atoms with Gasteiger partial charge < -0.3 is 26.6 Å². The van der Waals surface area contributed by atoms with Crippen molar-refractivity contribution in [1.82, 2.24) is 10.6 Å². The zero-order valence-electron chi connectivity index (χ0n) is 33.8. The third-order valence-corrected chi connectivity index (χ3v) is 9.55. The van der Waals surface area contributed by atoms with Gasteiger partial charge in [-0.3, -0.25) is 49.7 Å². The number of phenols is 2. The van der Waals surface area contributed by atoms with E-state index in [0.717, 1.165) is 0 Å². The number of hydrogen-bond acceptors (Lipinski definition) is 11. The number of hydrogen-bond donors (Lipinski definition) is 7. The number of nitrogens with zero attached hydrogens (tertiary/aromatic N) is 3. The van der Waals surface area contributed by atoms with Crippen molar-refractivity contribution in [2.24, 2.45) is 0 Å². The van der Waals surface area contributed by atoms with Gasteiger partial charge in [0.25, 0.3) is 17.5 Å². The van der Waals surface area contributed by atoms with Crippen LogP contribution in [0, 0.1) is 10.1 Å². The Balaban J connectivity index is 0.000000228. The third-order valence-electron chi connectivity index (χ3n) is 9.55. The summed E-state index contributed by atoms with van der Waals surface area (Å²) in [7, 11) is 0. The lowest BCUT2D eigenvalue weighted by atomic mass is 9.85. The summed E-state index contributed by atoms with van der Waals surface area (Å²) in [6, 6.07) is 16.6. The van der Waals surface area contributed by atoms with Crippen LogP contribution in [0.3, 0.4) is 0 Å². The Bertz CT molecular complexity index is 2380. The molecule has 0 radical (unpaired) electrons. The molecule has 2 heterocycles. The first-order valence-corrected chi connectivity index (χ1v) is 18.7. The average molecular weight is 823 g/mol. The molecule has 0 bridgehead atoms. The maximum atomic E-state index is 12.7. The first-order valence-electron chi connectivity index (χ1n) is 18.7. The number of amides is 8. The molecule has 314 valence electrons. The van der Waals surface area contributed by atoms with E-state index >= 15 is 0 Å². The molecule has 0 aliphatic carbocycles. The number of carbonyl (C=O) groups excluding carboxylic acids is 6. The van der Waals surface area contributed by atoms with E-state index in [1.165, 1.54) is 46.2 Å². The highest BCUT2D eigenvalue weighted by atomic mass is 16.6. The van der Waals surface area contributed by atoms with Gasteiger partial charge in [-0.25, -0.2) is 9.59 Å². The molecule has 8 N–H and O–H groups in total. The highest BCUT2D eigenvalue weighted by Gasteiger charge is 2.31. The van der Waals surface area contributed by atoms with Crippen molar-refractivity contribution in [2.75, 3.05) is 39.3 Å². The van der Waals surface area contributed by atoms with E-state index in [2.05, 4.69) is 21.3 Å². The zero-order chi connectivity index (χ0) is 44.3. The molecule has 4 aromatic rings. The van der Waals surface area contributed by atoms with Crippen LogP contribution in [0.25, 0.3) is 0 Å². The summed E-state index contributed by atoms with van der Waals surface area (Å²) in [5, 5.41) is 42.2. The van der Waals surface area contributed by atoms with Gasteiger partial charge in [0, 0.05) is 77.4 Å². The summed E-state index contributed by atoms with van der Waals surface area (Å²) in [5.41, 5.74) is 7.81. The maximum absolute atomic E-state index is 12.7. The number of carbonyl (C=O) groups is 6. The molecule has 2 saturated heterocycles. The summed E-state index contributed by atoms with van der Waals surface area (Å²) < 4.78 is 0. The lowest BCUT2D eigenvalue weighted by Gasteiger charge is -2.30. The Labute approximate surface area is 344 Å². The van der Waals surface area contributed by atoms with Gasteiger partial charge in [0.15, 0.2) is 0 Å². The third kappa shape index (κ3) is 10.1. The minimum Gasteiger partial charge on any atom is -0.505 e. The molecule has 60 heavy (non-hydrogen) atoms. The van der Waals surface area contributed by atoms with Crippen molar-refractivity contribution in [3.8, 4) is 11.5 Å². The number of nitrogen functional groups attached to an aromatic ring is 1. The molecule has 2 fully saturated rings. The second-order valence-electron chi connectivity index (χ2n) is 16.1. The van der Waals surface area contributed by atoms with Crippen molar-refractivity contribution in [1.29, 1.82) is 0 Å². The summed E-state index contributed by atoms with van der Waals surface area (Å²) in [6.45, 7) is 11.7. The van der Waals surface area contributed by atoms with Crippen LogP contribution in [0.15, 0.2) is 72.8 Å². The normalized spacial score (nSPS) is 14.4. The fourth-order valence-electron chi connectivity index (χ4n) is 6.26. The molecule has 0 aromatic heterocycles. The fourth-order valence-corrected chi connectivity index (χ4v) is 6.26. The van der Waals surface area contributed by atoms with Crippen LogP contribution in [0.5, 0.6) is 11.5 Å². The number of urea groups is 2. The highest BCUT2D eigenvalue weighted by molar-refractivity contribution is 6.09. The number of phenolic OH excluding ortho intramolecular Hbond substituents is 2. The fraction of sp³-hybridized carbons (Fsp3) is 0.286. The largest absolute Gasteiger partial charge is 0.505 e. The number of nitrogens with one attached hydrogen (secondary N) is 4. The van der Waals surface area contributed by atoms with Crippen LogP contribution in [0.4, 0.5) is 43.7 Å². The lowest BCUT2D eigenvalue weighted by Crippen LogP contribution is -2.49. The Morgan fingerprint density at radius 1 is 0.667 bits per heavy atom. The Kier molecular flexibility index (Phi) is 12.5. The van der Waals surface area contributed by atoms with Gasteiger partial charge in [0.1, 0.15) is 11.5 Å². The van der Waals surface area contributed by atoms with Crippen LogP contribution < -0.4 is 36.8 Å². The predicted octanol–water partition coefficient (Wildman–Crippen LogP) is 6.27. The lowest BCUT2D eigenvalue weighted by molar-refractivity contribution is -0.384. The van der Waals surface area contributed by atoms with Crippen LogP contribution in [-0.2, 0) is 20.4 Å². The van der Waals surface area contributed by atoms with Gasteiger partial charge in [-0.05, 0) is 71.5 Å². The summed E-state index contributed by atoms with van der Waals surface area (Å²) in [6.07, 6.45) is 0.298. The SMILES string of the molecule is CC(C)(C)c1cc(N2CCC(=O)NC2=O)cc(NC(=O)c2ccc(N)cc2)c1O.CC(C)(C)c1cc(N2CCC(=O)NC2=O)cc(NC(=O)c2ccc([N+](=O)[O-])cc2)c1O. The molecule has 18 heteroatoms. The summed E-state index contributed by atoms with van der Waals surface area (Å²) in [5.74, 6) is -1.93. The monoisotopic (exact) mass is 822 g/mol. The molecule has 6 rings (SSSR count). The number of nitro groups is 1. The van der Waals surface area contributed by atoms with Gasteiger partial charge in [-0.15, -0.1) is 0 Å². The first-order chi connectivity index (χ1) is 28.0. The molecular weight excluding hydrogens is 777 g/mol. The van der Waals surface area contributed by atoms with Crippen molar-refractivity contribution in [3.05, 3.63) is 105 Å². The van der Waals surface area contributed by atoms with E-state index in [9.17, 15) is 49.1 Å². The first kappa shape index (κ1) is 43.6. The molecule has 0 spiro atoms. The quantitative estimate of drug-likeness (QED) is 0.0473. The van der Waals surface area contributed by atoms with Gasteiger partial charge in [-0.2, -0.15) is 0 Å². The van der Waals surface area contributed by atoms with Gasteiger partial charge in [-0.1, -0.05) is 41.5 Å². The highest BCUT2D eigenvalue weighted by Crippen LogP contribution is 2.42. The molecule has 4 aromatic carbocycles. The Morgan fingerprint density at radius 2 is 1.03 bits per heavy atom. The topological polar surface area (TPSA) is 267 Å². The number of aromatic hydroxyl groups is 2. The van der Waals surface area contributed by atoms with E-state index in [1.54, 1.807) is 36.4 Å². The number of nitro benzene ring substituents is 1. The van der Waals surface area contributed by atoms with Crippen molar-refractivity contribution in [3.63, 3.8) is 0 Å². The molecule has 0 atom stereocenters. The number of rotatable bonds is 7. The number of imide groups is 2. The molecule has 2 aliphatic heterocycles. The van der Waals surface area contributed by atoms with E-state index in [1.807, 2.05) is 41.5 Å². The van der Waals surface area contributed by atoms with Crippen LogP contribution in [0.2, 0.25) is 0 Å². The zero-order valence-corrected chi connectivity index (χ0v) is 33.8. The smallest absolute Gasteiger partial charge is 0.328 e. The van der Waals surface area contributed by atoms with Crippen LogP contribution >= 0.6 is 0 Å². The molecule has 2 aliphatic rings. The predicted molar refractivity (Wildman–Crippen MR) is 224 cm³/mol. The standard InChI is InChI=1S/C21H22N4O6.C21H24N4O4/c1-21(2,3)15-10-14(24-9-8-17(26)23-20(24)29)11-16(18(15)27)22-19(28)12-4-6-13(7-5-12)25(30)31;1-21(2,3)15-10-14(25-9-8-17(26)24-20(25)29)11-16(18(15)27)23-19(28)12-4-6-13(22)7-5-12/h4-7,10-11,27H,8-9H2,1-3H3,(H,22,28)(H,23,26,29);4-7,10-11,27H,8-9,22H2,1-3H3,(H,23,28)(H,24,26,29). The molecule has 0 unspecified atom stereocenters.